The van der Waals surface area contributed by atoms with Crippen LogP contribution in [0.2, 0.25) is 0 Å². The molecule has 0 N–H and O–H groups in total. The Kier molecular flexibility index (Phi) is 2.38. The third-order valence-electron chi connectivity index (χ3n) is 1.90. The molecule has 1 aromatic carbocycles. The van der Waals surface area contributed by atoms with E-state index in [1.54, 1.807) is 16.6 Å². The van der Waals surface area contributed by atoms with Gasteiger partial charge in [0.1, 0.15) is 17.7 Å². The van der Waals surface area contributed by atoms with E-state index in [2.05, 4.69) is 0 Å². The number of halogens is 2. The molecule has 0 amide bonds. The van der Waals surface area contributed by atoms with Crippen molar-refractivity contribution in [2.45, 2.75) is 6.10 Å². The SMILES string of the molecule is Fc1cccc(OC2CN(Cl)C2)c1. The summed E-state index contributed by atoms with van der Waals surface area (Å²) in [7, 11) is 0. The van der Waals surface area contributed by atoms with Crippen LogP contribution in [-0.4, -0.2) is 23.6 Å². The van der Waals surface area contributed by atoms with Gasteiger partial charge in [0.25, 0.3) is 0 Å². The van der Waals surface area contributed by atoms with Crippen LogP contribution in [0.15, 0.2) is 24.3 Å². The number of hydrogen-bond donors (Lipinski definition) is 0. The standard InChI is InChI=1S/C9H9ClFNO/c10-12-5-9(6-12)13-8-3-1-2-7(11)4-8/h1-4,9H,5-6H2. The van der Waals surface area contributed by atoms with E-state index in [4.69, 9.17) is 16.5 Å². The van der Waals surface area contributed by atoms with Crippen molar-refractivity contribution in [3.63, 3.8) is 0 Å². The molecule has 70 valence electrons. The maximum Gasteiger partial charge on any atom is 0.127 e. The fraction of sp³-hybridized carbons (Fsp3) is 0.333. The summed E-state index contributed by atoms with van der Waals surface area (Å²) in [5.41, 5.74) is 0. The average molecular weight is 202 g/mol. The van der Waals surface area contributed by atoms with Gasteiger partial charge in [-0.25, -0.2) is 8.81 Å². The van der Waals surface area contributed by atoms with Crippen molar-refractivity contribution in [2.75, 3.05) is 13.1 Å². The van der Waals surface area contributed by atoms with Crippen molar-refractivity contribution in [3.05, 3.63) is 30.1 Å². The lowest BCUT2D eigenvalue weighted by Crippen LogP contribution is -2.48. The zero-order valence-electron chi connectivity index (χ0n) is 6.91. The molecule has 0 aliphatic carbocycles. The smallest absolute Gasteiger partial charge is 0.127 e. The lowest BCUT2D eigenvalue weighted by Gasteiger charge is -2.33. The van der Waals surface area contributed by atoms with Crippen molar-refractivity contribution in [1.29, 1.82) is 0 Å². The Bertz CT molecular complexity index is 301. The molecule has 2 nitrogen and oxygen atoms in total. The molecule has 4 heteroatoms. The molecule has 0 saturated carbocycles. The normalized spacial score (nSPS) is 18.3. The van der Waals surface area contributed by atoms with E-state index in [-0.39, 0.29) is 11.9 Å². The van der Waals surface area contributed by atoms with Crippen molar-refractivity contribution >= 4 is 11.8 Å². The lowest BCUT2D eigenvalue weighted by atomic mass is 10.2. The second kappa shape index (κ2) is 3.52. The summed E-state index contributed by atoms with van der Waals surface area (Å²) in [6, 6.07) is 6.13. The minimum Gasteiger partial charge on any atom is -0.488 e. The topological polar surface area (TPSA) is 12.5 Å². The molecule has 1 saturated heterocycles. The van der Waals surface area contributed by atoms with Crippen LogP contribution in [0.5, 0.6) is 5.75 Å². The monoisotopic (exact) mass is 201 g/mol. The van der Waals surface area contributed by atoms with Gasteiger partial charge in [0.2, 0.25) is 0 Å². The number of ether oxygens (including phenoxy) is 1. The van der Waals surface area contributed by atoms with E-state index in [1.165, 1.54) is 12.1 Å². The minimum atomic E-state index is -0.278. The quantitative estimate of drug-likeness (QED) is 0.679. The highest BCUT2D eigenvalue weighted by Gasteiger charge is 2.26. The largest absolute Gasteiger partial charge is 0.488 e. The lowest BCUT2D eigenvalue weighted by molar-refractivity contribution is 0.0781. The molecule has 1 heterocycles. The van der Waals surface area contributed by atoms with E-state index in [0.717, 1.165) is 0 Å². The van der Waals surface area contributed by atoms with E-state index < -0.39 is 0 Å². The third-order valence-corrected chi connectivity index (χ3v) is 2.18. The Balaban J connectivity index is 1.94. The molecule has 0 aromatic heterocycles. The number of benzene rings is 1. The van der Waals surface area contributed by atoms with Crippen LogP contribution < -0.4 is 4.74 Å². The first kappa shape index (κ1) is 8.78. The fourth-order valence-corrected chi connectivity index (χ4v) is 1.50. The molecule has 0 radical (unpaired) electrons. The van der Waals surface area contributed by atoms with Crippen LogP contribution in [0.4, 0.5) is 4.39 Å². The van der Waals surface area contributed by atoms with Gasteiger partial charge in [-0.05, 0) is 23.9 Å². The van der Waals surface area contributed by atoms with Gasteiger partial charge >= 0.3 is 0 Å². The van der Waals surface area contributed by atoms with E-state index in [0.29, 0.717) is 18.8 Å². The van der Waals surface area contributed by atoms with Crippen molar-refractivity contribution in [2.24, 2.45) is 0 Å². The zero-order chi connectivity index (χ0) is 9.26. The van der Waals surface area contributed by atoms with Gasteiger partial charge in [0, 0.05) is 6.07 Å². The highest BCUT2D eigenvalue weighted by Crippen LogP contribution is 2.19. The Morgan fingerprint density at radius 3 is 2.85 bits per heavy atom. The maximum absolute atomic E-state index is 12.7. The first-order valence-corrected chi connectivity index (χ1v) is 4.41. The molecule has 0 bridgehead atoms. The second-order valence-electron chi connectivity index (χ2n) is 3.03. The van der Waals surface area contributed by atoms with Gasteiger partial charge in [-0.15, -0.1) is 0 Å². The summed E-state index contributed by atoms with van der Waals surface area (Å²) in [5, 5.41) is 0. The average Bonchev–Trinajstić information content (AvgIpc) is 2.01. The number of nitrogens with zero attached hydrogens (tertiary/aromatic N) is 1. The molecular formula is C9H9ClFNO. The summed E-state index contributed by atoms with van der Waals surface area (Å²) < 4.78 is 19.8. The van der Waals surface area contributed by atoms with E-state index in [9.17, 15) is 4.39 Å². The Morgan fingerprint density at radius 2 is 2.23 bits per heavy atom. The minimum absolute atomic E-state index is 0.0966. The van der Waals surface area contributed by atoms with Crippen LogP contribution in [-0.2, 0) is 0 Å². The predicted molar refractivity (Wildman–Crippen MR) is 48.2 cm³/mol. The molecule has 0 unspecified atom stereocenters. The van der Waals surface area contributed by atoms with Gasteiger partial charge < -0.3 is 4.74 Å². The molecule has 1 fully saturated rings. The van der Waals surface area contributed by atoms with Crippen LogP contribution in [0.25, 0.3) is 0 Å². The summed E-state index contributed by atoms with van der Waals surface area (Å²) in [5.74, 6) is 0.286. The van der Waals surface area contributed by atoms with E-state index >= 15 is 0 Å². The zero-order valence-corrected chi connectivity index (χ0v) is 7.67. The summed E-state index contributed by atoms with van der Waals surface area (Å²) in [4.78, 5) is 0. The van der Waals surface area contributed by atoms with Crippen molar-refractivity contribution in [1.82, 2.24) is 4.42 Å². The molecule has 0 spiro atoms. The number of rotatable bonds is 2. The fourth-order valence-electron chi connectivity index (χ4n) is 1.20. The highest BCUT2D eigenvalue weighted by molar-refractivity contribution is 6.13. The Morgan fingerprint density at radius 1 is 1.46 bits per heavy atom. The predicted octanol–water partition coefficient (Wildman–Crippen LogP) is 2.04. The van der Waals surface area contributed by atoms with Gasteiger partial charge in [0.15, 0.2) is 0 Å². The van der Waals surface area contributed by atoms with Gasteiger partial charge in [0.05, 0.1) is 13.1 Å². The van der Waals surface area contributed by atoms with Crippen LogP contribution in [0.3, 0.4) is 0 Å². The van der Waals surface area contributed by atoms with E-state index in [1.807, 2.05) is 0 Å². The summed E-state index contributed by atoms with van der Waals surface area (Å²) >= 11 is 5.62. The molecule has 0 atom stereocenters. The Labute approximate surface area is 81.0 Å². The van der Waals surface area contributed by atoms with Gasteiger partial charge in [-0.2, -0.15) is 0 Å². The molecule has 1 aliphatic rings. The molecule has 2 rings (SSSR count). The van der Waals surface area contributed by atoms with Crippen LogP contribution in [0, 0.1) is 5.82 Å². The molecule has 13 heavy (non-hydrogen) atoms. The van der Waals surface area contributed by atoms with Crippen LogP contribution in [0.1, 0.15) is 0 Å². The maximum atomic E-state index is 12.7. The highest BCUT2D eigenvalue weighted by atomic mass is 35.5. The van der Waals surface area contributed by atoms with Gasteiger partial charge in [-0.1, -0.05) is 6.07 Å². The first-order chi connectivity index (χ1) is 6.24. The second-order valence-corrected chi connectivity index (χ2v) is 3.50. The van der Waals surface area contributed by atoms with Crippen molar-refractivity contribution < 1.29 is 9.13 Å². The third kappa shape index (κ3) is 2.11. The van der Waals surface area contributed by atoms with Gasteiger partial charge in [-0.3, -0.25) is 0 Å². The summed E-state index contributed by atoms with van der Waals surface area (Å²) in [6.45, 7) is 1.39. The van der Waals surface area contributed by atoms with Crippen molar-refractivity contribution in [3.8, 4) is 5.75 Å². The number of hydrogen-bond acceptors (Lipinski definition) is 2. The first-order valence-electron chi connectivity index (χ1n) is 4.07. The Hall–Kier alpha value is -0.800. The molecular weight excluding hydrogens is 193 g/mol. The van der Waals surface area contributed by atoms with Crippen LogP contribution >= 0.6 is 11.8 Å². The molecule has 1 aliphatic heterocycles. The molecule has 1 aromatic rings. The summed E-state index contributed by atoms with van der Waals surface area (Å²) in [6.07, 6.45) is 0.0966.